The van der Waals surface area contributed by atoms with Crippen LogP contribution in [0.3, 0.4) is 0 Å². The predicted octanol–water partition coefficient (Wildman–Crippen LogP) is 2.45. The quantitative estimate of drug-likeness (QED) is 0.676. The van der Waals surface area contributed by atoms with Crippen LogP contribution in [0.15, 0.2) is 42.5 Å². The van der Waals surface area contributed by atoms with Gasteiger partial charge in [0.15, 0.2) is 5.78 Å². The van der Waals surface area contributed by atoms with Gasteiger partial charge in [0.1, 0.15) is 17.1 Å². The number of carbonyl (C=O) groups is 2. The summed E-state index contributed by atoms with van der Waals surface area (Å²) in [5.41, 5.74) is 6.44. The van der Waals surface area contributed by atoms with E-state index in [1.807, 2.05) is 0 Å². The van der Waals surface area contributed by atoms with Gasteiger partial charge in [-0.1, -0.05) is 24.3 Å². The minimum atomic E-state index is -1.63. The number of carboxylic acids is 1. The van der Waals surface area contributed by atoms with E-state index in [4.69, 9.17) is 10.5 Å². The molecule has 1 saturated heterocycles. The first-order chi connectivity index (χ1) is 13.3. The van der Waals surface area contributed by atoms with Gasteiger partial charge in [-0.3, -0.25) is 9.59 Å². The van der Waals surface area contributed by atoms with Gasteiger partial charge in [-0.2, -0.15) is 0 Å². The van der Waals surface area contributed by atoms with Gasteiger partial charge in [0.2, 0.25) is 0 Å². The second-order valence-corrected chi connectivity index (χ2v) is 7.01. The Labute approximate surface area is 162 Å². The van der Waals surface area contributed by atoms with Gasteiger partial charge in [0.05, 0.1) is 19.6 Å². The zero-order valence-corrected chi connectivity index (χ0v) is 15.6. The molecule has 0 aromatic heterocycles. The summed E-state index contributed by atoms with van der Waals surface area (Å²) in [6.45, 7) is 0.708. The van der Waals surface area contributed by atoms with Crippen LogP contribution in [0.2, 0.25) is 0 Å². The molecule has 7 heteroatoms. The number of nitrogens with one attached hydrogen (secondary N) is 1. The summed E-state index contributed by atoms with van der Waals surface area (Å²) in [6, 6.07) is 10.5. The number of ether oxygens (including phenoxy) is 1. The van der Waals surface area contributed by atoms with Crippen molar-refractivity contribution in [3.8, 4) is 16.9 Å². The maximum Gasteiger partial charge on any atom is 0.306 e. The molecule has 0 aliphatic carbocycles. The maximum absolute atomic E-state index is 13.8. The maximum atomic E-state index is 13.8. The Kier molecular flexibility index (Phi) is 5.76. The van der Waals surface area contributed by atoms with E-state index in [9.17, 15) is 19.1 Å². The molecule has 0 spiro atoms. The van der Waals surface area contributed by atoms with Crippen molar-refractivity contribution in [1.82, 2.24) is 5.32 Å². The summed E-state index contributed by atoms with van der Waals surface area (Å²) >= 11 is 0. The summed E-state index contributed by atoms with van der Waals surface area (Å²) in [6.07, 6.45) is 0.982. The number of benzene rings is 2. The van der Waals surface area contributed by atoms with E-state index in [2.05, 4.69) is 5.32 Å². The second-order valence-electron chi connectivity index (χ2n) is 7.01. The molecular weight excluding hydrogens is 363 g/mol. The first-order valence-electron chi connectivity index (χ1n) is 9.07. The van der Waals surface area contributed by atoms with Crippen LogP contribution in [-0.4, -0.2) is 36.6 Å². The molecule has 6 nitrogen and oxygen atoms in total. The highest BCUT2D eigenvalue weighted by Gasteiger charge is 2.42. The number of carboxylic acid groups (broad SMARTS) is 1. The van der Waals surface area contributed by atoms with Crippen LogP contribution < -0.4 is 15.8 Å². The highest BCUT2D eigenvalue weighted by atomic mass is 19.1. The van der Waals surface area contributed by atoms with Crippen LogP contribution in [0.4, 0.5) is 4.39 Å². The van der Waals surface area contributed by atoms with Crippen molar-refractivity contribution >= 4 is 11.8 Å². The number of hydrogen-bond acceptors (Lipinski definition) is 5. The van der Waals surface area contributed by atoms with Gasteiger partial charge < -0.3 is 20.9 Å². The standard InChI is InChI=1S/C21H23FN2O4/c1-28-17-10-14(9-16(22)11-17)13-4-6-15(7-5-13)21(23,12-19(25)26)20(27)18-3-2-8-24-18/h4-7,9-11,18,24H,2-3,8,12,23H2,1H3,(H,25,26)/t18-,21-/m1/s1. The van der Waals surface area contributed by atoms with E-state index in [1.54, 1.807) is 30.3 Å². The highest BCUT2D eigenvalue weighted by molar-refractivity contribution is 5.97. The molecule has 0 bridgehead atoms. The van der Waals surface area contributed by atoms with Crippen molar-refractivity contribution in [2.45, 2.75) is 30.8 Å². The van der Waals surface area contributed by atoms with Crippen molar-refractivity contribution in [1.29, 1.82) is 0 Å². The molecule has 148 valence electrons. The Balaban J connectivity index is 1.95. The number of carbonyl (C=O) groups excluding carboxylic acids is 1. The number of rotatable bonds is 7. The van der Waals surface area contributed by atoms with E-state index >= 15 is 0 Å². The lowest BCUT2D eigenvalue weighted by atomic mass is 9.80. The van der Waals surface area contributed by atoms with Gasteiger partial charge in [-0.15, -0.1) is 0 Å². The molecule has 28 heavy (non-hydrogen) atoms. The fourth-order valence-electron chi connectivity index (χ4n) is 3.60. The van der Waals surface area contributed by atoms with Crippen molar-refractivity contribution in [2.75, 3.05) is 13.7 Å². The second kappa shape index (κ2) is 8.08. The summed E-state index contributed by atoms with van der Waals surface area (Å²) < 4.78 is 18.9. The summed E-state index contributed by atoms with van der Waals surface area (Å²) in [4.78, 5) is 24.4. The number of aliphatic carboxylic acids is 1. The summed E-state index contributed by atoms with van der Waals surface area (Å²) in [7, 11) is 1.46. The number of nitrogens with two attached hydrogens (primary N) is 1. The lowest BCUT2D eigenvalue weighted by Crippen LogP contribution is -2.53. The molecule has 1 heterocycles. The number of hydrogen-bond donors (Lipinski definition) is 3. The molecule has 2 aromatic carbocycles. The fourth-order valence-corrected chi connectivity index (χ4v) is 3.60. The molecule has 0 radical (unpaired) electrons. The van der Waals surface area contributed by atoms with Crippen molar-refractivity contribution < 1.29 is 23.8 Å². The van der Waals surface area contributed by atoms with Crippen molar-refractivity contribution in [2.24, 2.45) is 5.73 Å². The highest BCUT2D eigenvalue weighted by Crippen LogP contribution is 2.31. The van der Waals surface area contributed by atoms with Gasteiger partial charge in [-0.05, 0) is 48.2 Å². The largest absolute Gasteiger partial charge is 0.497 e. The van der Waals surface area contributed by atoms with Gasteiger partial charge >= 0.3 is 5.97 Å². The van der Waals surface area contributed by atoms with Crippen LogP contribution >= 0.6 is 0 Å². The van der Waals surface area contributed by atoms with E-state index < -0.39 is 29.8 Å². The lowest BCUT2D eigenvalue weighted by molar-refractivity contribution is -0.142. The van der Waals surface area contributed by atoms with Crippen molar-refractivity contribution in [3.05, 3.63) is 53.8 Å². The number of ketones is 1. The van der Waals surface area contributed by atoms with Gasteiger partial charge in [-0.25, -0.2) is 4.39 Å². The Morgan fingerprint density at radius 1 is 1.25 bits per heavy atom. The van der Waals surface area contributed by atoms with Crippen LogP contribution in [0.5, 0.6) is 5.75 Å². The SMILES string of the molecule is COc1cc(F)cc(-c2ccc([C@](N)(CC(=O)O)C(=O)[C@H]3CCCN3)cc2)c1. The first-order valence-corrected chi connectivity index (χ1v) is 9.07. The Bertz CT molecular complexity index is 878. The molecule has 2 atom stereocenters. The molecule has 0 unspecified atom stereocenters. The monoisotopic (exact) mass is 386 g/mol. The van der Waals surface area contributed by atoms with E-state index in [1.165, 1.54) is 19.2 Å². The number of halogens is 1. The fraction of sp³-hybridized carbons (Fsp3) is 0.333. The molecule has 1 aliphatic rings. The summed E-state index contributed by atoms with van der Waals surface area (Å²) in [5.74, 6) is -1.51. The molecule has 0 amide bonds. The normalized spacial score (nSPS) is 18.5. The predicted molar refractivity (Wildman–Crippen MR) is 103 cm³/mol. The molecule has 2 aromatic rings. The number of Topliss-reactive ketones (excluding diaryl/α,β-unsaturated/α-hetero) is 1. The van der Waals surface area contributed by atoms with E-state index in [-0.39, 0.29) is 5.78 Å². The Morgan fingerprint density at radius 2 is 1.96 bits per heavy atom. The molecule has 1 fully saturated rings. The van der Waals surface area contributed by atoms with Crippen LogP contribution in [0.1, 0.15) is 24.8 Å². The lowest BCUT2D eigenvalue weighted by Gasteiger charge is -2.30. The van der Waals surface area contributed by atoms with Crippen LogP contribution in [-0.2, 0) is 15.1 Å². The minimum absolute atomic E-state index is 0.326. The van der Waals surface area contributed by atoms with E-state index in [0.717, 1.165) is 6.42 Å². The molecule has 0 saturated carbocycles. The van der Waals surface area contributed by atoms with Crippen LogP contribution in [0, 0.1) is 5.82 Å². The topological polar surface area (TPSA) is 102 Å². The Morgan fingerprint density at radius 3 is 2.54 bits per heavy atom. The number of methoxy groups -OCH3 is 1. The summed E-state index contributed by atoms with van der Waals surface area (Å²) in [5, 5.41) is 12.4. The third-order valence-electron chi connectivity index (χ3n) is 5.09. The average molecular weight is 386 g/mol. The third kappa shape index (κ3) is 4.05. The average Bonchev–Trinajstić information content (AvgIpc) is 3.21. The molecule has 3 rings (SSSR count). The smallest absolute Gasteiger partial charge is 0.306 e. The van der Waals surface area contributed by atoms with Crippen molar-refractivity contribution in [3.63, 3.8) is 0 Å². The zero-order valence-electron chi connectivity index (χ0n) is 15.6. The molecule has 4 N–H and O–H groups in total. The van der Waals surface area contributed by atoms with Crippen LogP contribution in [0.25, 0.3) is 11.1 Å². The van der Waals surface area contributed by atoms with E-state index in [0.29, 0.717) is 35.4 Å². The van der Waals surface area contributed by atoms with Gasteiger partial charge in [0.25, 0.3) is 0 Å². The molecule has 1 aliphatic heterocycles. The first kappa shape index (κ1) is 20.0. The third-order valence-corrected chi connectivity index (χ3v) is 5.09. The zero-order chi connectivity index (χ0) is 20.3. The minimum Gasteiger partial charge on any atom is -0.497 e. The Hall–Kier alpha value is -2.77. The van der Waals surface area contributed by atoms with Gasteiger partial charge in [0, 0.05) is 6.07 Å². The molecular formula is C21H23FN2O4.